The lowest BCUT2D eigenvalue weighted by molar-refractivity contribution is -0.115. The molecular formula is C20H15F2N3O3S. The average Bonchev–Trinajstić information content (AvgIpc) is 3.20. The number of carbonyl (C=O) groups is 3. The van der Waals surface area contributed by atoms with E-state index in [1.54, 1.807) is 41.8 Å². The van der Waals surface area contributed by atoms with Crippen LogP contribution in [0.5, 0.6) is 0 Å². The van der Waals surface area contributed by atoms with Crippen LogP contribution in [-0.4, -0.2) is 24.3 Å². The first-order chi connectivity index (χ1) is 13.9. The van der Waals surface area contributed by atoms with Crippen molar-refractivity contribution in [3.63, 3.8) is 0 Å². The van der Waals surface area contributed by atoms with Gasteiger partial charge in [-0.1, -0.05) is 12.1 Å². The lowest BCUT2D eigenvalue weighted by Gasteiger charge is -2.09. The topological polar surface area (TPSA) is 87.3 Å². The van der Waals surface area contributed by atoms with Gasteiger partial charge in [0.15, 0.2) is 0 Å². The molecule has 0 bridgehead atoms. The molecule has 0 aliphatic heterocycles. The summed E-state index contributed by atoms with van der Waals surface area (Å²) in [6.45, 7) is -0.400. The second-order valence-corrected chi connectivity index (χ2v) is 6.85. The van der Waals surface area contributed by atoms with Crippen LogP contribution in [0.3, 0.4) is 0 Å². The van der Waals surface area contributed by atoms with Crippen molar-refractivity contribution in [2.75, 3.05) is 17.2 Å². The molecule has 3 N–H and O–H groups in total. The number of anilines is 2. The third-order valence-electron chi connectivity index (χ3n) is 3.68. The van der Waals surface area contributed by atoms with E-state index in [-0.39, 0.29) is 11.5 Å². The standard InChI is InChI=1S/C20H15F2N3O3S/c21-13-7-12(8-14(22)9-13)19(27)23-11-18(26)24-15-3-1-4-16(10-15)25-20(28)17-5-2-6-29-17/h1-10H,11H2,(H,23,27)(H,24,26)(H,25,28). The largest absolute Gasteiger partial charge is 0.343 e. The molecule has 148 valence electrons. The van der Waals surface area contributed by atoms with Crippen molar-refractivity contribution in [1.29, 1.82) is 0 Å². The first kappa shape index (κ1) is 20.2. The lowest BCUT2D eigenvalue weighted by Crippen LogP contribution is -2.33. The minimum Gasteiger partial charge on any atom is -0.343 e. The SMILES string of the molecule is O=C(CNC(=O)c1cc(F)cc(F)c1)Nc1cccc(NC(=O)c2cccs2)c1. The molecule has 0 saturated heterocycles. The summed E-state index contributed by atoms with van der Waals surface area (Å²) in [7, 11) is 0. The second kappa shape index (κ2) is 9.07. The Kier molecular flexibility index (Phi) is 6.30. The van der Waals surface area contributed by atoms with Gasteiger partial charge in [0.05, 0.1) is 11.4 Å². The molecule has 3 rings (SSSR count). The van der Waals surface area contributed by atoms with E-state index in [2.05, 4.69) is 16.0 Å². The van der Waals surface area contributed by atoms with Gasteiger partial charge in [-0.15, -0.1) is 11.3 Å². The third-order valence-corrected chi connectivity index (χ3v) is 4.55. The highest BCUT2D eigenvalue weighted by molar-refractivity contribution is 7.12. The van der Waals surface area contributed by atoms with Crippen molar-refractivity contribution >= 4 is 40.4 Å². The minimum absolute atomic E-state index is 0.228. The highest BCUT2D eigenvalue weighted by Crippen LogP contribution is 2.17. The maximum atomic E-state index is 13.2. The van der Waals surface area contributed by atoms with E-state index in [0.717, 1.165) is 12.1 Å². The molecule has 0 spiro atoms. The van der Waals surface area contributed by atoms with Crippen LogP contribution in [0.15, 0.2) is 60.0 Å². The molecule has 3 amide bonds. The Bertz CT molecular complexity index is 1030. The number of rotatable bonds is 6. The molecule has 3 aromatic rings. The van der Waals surface area contributed by atoms with E-state index in [1.807, 2.05) is 0 Å². The zero-order valence-corrected chi connectivity index (χ0v) is 15.7. The van der Waals surface area contributed by atoms with Gasteiger partial charge in [0.2, 0.25) is 5.91 Å². The summed E-state index contributed by atoms with van der Waals surface area (Å²) in [6.07, 6.45) is 0. The second-order valence-electron chi connectivity index (χ2n) is 5.90. The van der Waals surface area contributed by atoms with Crippen LogP contribution in [0.4, 0.5) is 20.2 Å². The summed E-state index contributed by atoms with van der Waals surface area (Å²) in [5, 5.41) is 9.36. The quantitative estimate of drug-likeness (QED) is 0.574. The van der Waals surface area contributed by atoms with Gasteiger partial charge in [0.1, 0.15) is 11.6 Å². The molecule has 9 heteroatoms. The Balaban J connectivity index is 1.55. The smallest absolute Gasteiger partial charge is 0.265 e. The molecule has 0 saturated carbocycles. The molecule has 0 fully saturated rings. The van der Waals surface area contributed by atoms with Gasteiger partial charge in [0, 0.05) is 23.0 Å². The Hall–Kier alpha value is -3.59. The van der Waals surface area contributed by atoms with E-state index < -0.39 is 30.0 Å². The molecule has 0 atom stereocenters. The Morgan fingerprint density at radius 3 is 2.17 bits per heavy atom. The van der Waals surface area contributed by atoms with E-state index in [9.17, 15) is 23.2 Å². The van der Waals surface area contributed by atoms with Crippen molar-refractivity contribution < 1.29 is 23.2 Å². The highest BCUT2D eigenvalue weighted by Gasteiger charge is 2.12. The number of carbonyl (C=O) groups excluding carboxylic acids is 3. The van der Waals surface area contributed by atoms with Gasteiger partial charge in [-0.2, -0.15) is 0 Å². The number of benzene rings is 2. The van der Waals surface area contributed by atoms with Gasteiger partial charge < -0.3 is 16.0 Å². The third kappa shape index (κ3) is 5.69. The summed E-state index contributed by atoms with van der Waals surface area (Å²) in [5.41, 5.74) is 0.666. The van der Waals surface area contributed by atoms with Gasteiger partial charge in [-0.25, -0.2) is 8.78 Å². The molecule has 6 nitrogen and oxygen atoms in total. The fourth-order valence-corrected chi connectivity index (χ4v) is 3.05. The summed E-state index contributed by atoms with van der Waals surface area (Å²) in [4.78, 5) is 36.6. The molecule has 0 aliphatic carbocycles. The molecule has 0 unspecified atom stereocenters. The van der Waals surface area contributed by atoms with Crippen LogP contribution < -0.4 is 16.0 Å². The zero-order chi connectivity index (χ0) is 20.8. The first-order valence-corrected chi connectivity index (χ1v) is 9.28. The predicted molar refractivity (Wildman–Crippen MR) is 106 cm³/mol. The normalized spacial score (nSPS) is 10.3. The van der Waals surface area contributed by atoms with Crippen LogP contribution in [-0.2, 0) is 4.79 Å². The number of hydrogen-bond acceptors (Lipinski definition) is 4. The molecule has 2 aromatic carbocycles. The van der Waals surface area contributed by atoms with Crippen molar-refractivity contribution in [2.24, 2.45) is 0 Å². The maximum absolute atomic E-state index is 13.2. The number of amides is 3. The van der Waals surface area contributed by atoms with E-state index in [4.69, 9.17) is 0 Å². The average molecular weight is 415 g/mol. The van der Waals surface area contributed by atoms with E-state index in [0.29, 0.717) is 22.3 Å². The molecule has 0 aliphatic rings. The Morgan fingerprint density at radius 2 is 1.52 bits per heavy atom. The molecular weight excluding hydrogens is 400 g/mol. The van der Waals surface area contributed by atoms with E-state index >= 15 is 0 Å². The van der Waals surface area contributed by atoms with Crippen molar-refractivity contribution in [3.8, 4) is 0 Å². The monoisotopic (exact) mass is 415 g/mol. The van der Waals surface area contributed by atoms with Crippen LogP contribution >= 0.6 is 11.3 Å². The van der Waals surface area contributed by atoms with Crippen molar-refractivity contribution in [1.82, 2.24) is 5.32 Å². The first-order valence-electron chi connectivity index (χ1n) is 8.40. The van der Waals surface area contributed by atoms with Crippen LogP contribution in [0.2, 0.25) is 0 Å². The van der Waals surface area contributed by atoms with Gasteiger partial charge in [-0.3, -0.25) is 14.4 Å². The molecule has 29 heavy (non-hydrogen) atoms. The number of thiophene rings is 1. The van der Waals surface area contributed by atoms with Crippen molar-refractivity contribution in [3.05, 3.63) is 82.1 Å². The Morgan fingerprint density at radius 1 is 0.828 bits per heavy atom. The summed E-state index contributed by atoms with van der Waals surface area (Å²) in [6, 6.07) is 12.3. The van der Waals surface area contributed by atoms with Gasteiger partial charge in [0.25, 0.3) is 11.8 Å². The van der Waals surface area contributed by atoms with Crippen molar-refractivity contribution in [2.45, 2.75) is 0 Å². The fraction of sp³-hybridized carbons (Fsp3) is 0.0500. The number of halogens is 2. The lowest BCUT2D eigenvalue weighted by atomic mass is 10.2. The molecule has 0 radical (unpaired) electrons. The Labute approximate surface area is 168 Å². The predicted octanol–water partition coefficient (Wildman–Crippen LogP) is 3.65. The van der Waals surface area contributed by atoms with Crippen LogP contribution in [0.1, 0.15) is 20.0 Å². The van der Waals surface area contributed by atoms with Gasteiger partial charge >= 0.3 is 0 Å². The highest BCUT2D eigenvalue weighted by atomic mass is 32.1. The summed E-state index contributed by atoms with van der Waals surface area (Å²) >= 11 is 1.31. The zero-order valence-electron chi connectivity index (χ0n) is 14.9. The minimum atomic E-state index is -0.888. The van der Waals surface area contributed by atoms with Gasteiger partial charge in [-0.05, 0) is 41.8 Å². The van der Waals surface area contributed by atoms with Crippen LogP contribution in [0.25, 0.3) is 0 Å². The molecule has 1 heterocycles. The maximum Gasteiger partial charge on any atom is 0.265 e. The number of hydrogen-bond donors (Lipinski definition) is 3. The van der Waals surface area contributed by atoms with E-state index in [1.165, 1.54) is 11.3 Å². The summed E-state index contributed by atoms with van der Waals surface area (Å²) in [5.74, 6) is -3.37. The number of nitrogens with one attached hydrogen (secondary N) is 3. The molecule has 1 aromatic heterocycles. The fourth-order valence-electron chi connectivity index (χ4n) is 2.43. The summed E-state index contributed by atoms with van der Waals surface area (Å²) < 4.78 is 26.3. The van der Waals surface area contributed by atoms with Crippen LogP contribution in [0, 0.1) is 11.6 Å².